The quantitative estimate of drug-likeness (QED) is 0.263. The van der Waals surface area contributed by atoms with E-state index in [1.165, 1.54) is 0 Å². The van der Waals surface area contributed by atoms with E-state index in [9.17, 15) is 4.79 Å². The van der Waals surface area contributed by atoms with Crippen molar-refractivity contribution in [1.29, 1.82) is 0 Å². The van der Waals surface area contributed by atoms with Crippen molar-refractivity contribution < 1.29 is 14.3 Å². The summed E-state index contributed by atoms with van der Waals surface area (Å²) in [5, 5.41) is 5.21. The maximum absolute atomic E-state index is 13.4. The van der Waals surface area contributed by atoms with Gasteiger partial charge in [-0.2, -0.15) is 5.10 Å². The standard InChI is InChI=1S/C28H28ClN3O3/c1-4-18-31(27(33)24-12-8-9-13-26(24)29)19-25-20(2)30-32(21-10-6-5-7-11-21)28(25)35-23-16-14-22(34-3)15-17-23/h5-17H,4,18-19H2,1-3H3. The highest BCUT2D eigenvalue weighted by atomic mass is 35.5. The summed E-state index contributed by atoms with van der Waals surface area (Å²) >= 11 is 6.35. The number of nitrogens with zero attached hydrogens (tertiary/aromatic N) is 3. The van der Waals surface area contributed by atoms with Gasteiger partial charge in [0.2, 0.25) is 5.88 Å². The van der Waals surface area contributed by atoms with Crippen LogP contribution in [0.4, 0.5) is 0 Å². The number of methoxy groups -OCH3 is 1. The minimum atomic E-state index is -0.125. The zero-order chi connectivity index (χ0) is 24.8. The van der Waals surface area contributed by atoms with Gasteiger partial charge in [0.1, 0.15) is 11.5 Å². The fourth-order valence-corrected chi connectivity index (χ4v) is 4.06. The smallest absolute Gasteiger partial charge is 0.255 e. The van der Waals surface area contributed by atoms with Gasteiger partial charge in [0.05, 0.1) is 41.2 Å². The molecule has 0 fully saturated rings. The number of ether oxygens (including phenoxy) is 2. The summed E-state index contributed by atoms with van der Waals surface area (Å²) in [5.41, 5.74) is 2.96. The van der Waals surface area contributed by atoms with Gasteiger partial charge in [-0.25, -0.2) is 4.68 Å². The van der Waals surface area contributed by atoms with Crippen molar-refractivity contribution in [3.63, 3.8) is 0 Å². The average molecular weight is 490 g/mol. The minimum absolute atomic E-state index is 0.125. The second-order valence-electron chi connectivity index (χ2n) is 8.10. The summed E-state index contributed by atoms with van der Waals surface area (Å²) in [6, 6.07) is 24.3. The first kappa shape index (κ1) is 24.4. The van der Waals surface area contributed by atoms with Gasteiger partial charge in [-0.1, -0.05) is 48.9 Å². The SMILES string of the molecule is CCCN(Cc1c(C)nn(-c2ccccc2)c1Oc1ccc(OC)cc1)C(=O)c1ccccc1Cl. The van der Waals surface area contributed by atoms with Crippen molar-refractivity contribution in [3.8, 4) is 23.1 Å². The van der Waals surface area contributed by atoms with Crippen LogP contribution in [0, 0.1) is 6.92 Å². The molecule has 1 heterocycles. The van der Waals surface area contributed by atoms with E-state index in [0.717, 1.165) is 29.1 Å². The second-order valence-corrected chi connectivity index (χ2v) is 8.51. The van der Waals surface area contributed by atoms with Crippen molar-refractivity contribution in [2.75, 3.05) is 13.7 Å². The van der Waals surface area contributed by atoms with Gasteiger partial charge in [-0.05, 0) is 61.9 Å². The van der Waals surface area contributed by atoms with Crippen LogP contribution in [-0.2, 0) is 6.54 Å². The molecule has 3 aromatic carbocycles. The molecule has 4 aromatic rings. The lowest BCUT2D eigenvalue weighted by atomic mass is 10.1. The number of benzene rings is 3. The van der Waals surface area contributed by atoms with Gasteiger partial charge in [0, 0.05) is 6.54 Å². The van der Waals surface area contributed by atoms with E-state index in [1.807, 2.05) is 80.6 Å². The van der Waals surface area contributed by atoms with E-state index in [2.05, 4.69) is 0 Å². The van der Waals surface area contributed by atoms with Gasteiger partial charge in [-0.15, -0.1) is 0 Å². The lowest BCUT2D eigenvalue weighted by Gasteiger charge is -2.23. The molecule has 0 spiro atoms. The molecule has 180 valence electrons. The molecule has 35 heavy (non-hydrogen) atoms. The largest absolute Gasteiger partial charge is 0.497 e. The van der Waals surface area contributed by atoms with Crippen LogP contribution in [0.1, 0.15) is 35.0 Å². The van der Waals surface area contributed by atoms with Gasteiger partial charge >= 0.3 is 0 Å². The van der Waals surface area contributed by atoms with Crippen LogP contribution in [-0.4, -0.2) is 34.2 Å². The highest BCUT2D eigenvalue weighted by molar-refractivity contribution is 6.33. The number of para-hydroxylation sites is 1. The number of aryl methyl sites for hydroxylation is 1. The van der Waals surface area contributed by atoms with Crippen LogP contribution in [0.25, 0.3) is 5.69 Å². The monoisotopic (exact) mass is 489 g/mol. The predicted molar refractivity (Wildman–Crippen MR) is 138 cm³/mol. The van der Waals surface area contributed by atoms with E-state index in [1.54, 1.807) is 28.8 Å². The molecule has 0 unspecified atom stereocenters. The summed E-state index contributed by atoms with van der Waals surface area (Å²) in [4.78, 5) is 15.2. The molecular formula is C28H28ClN3O3. The molecule has 1 aromatic heterocycles. The molecule has 0 saturated heterocycles. The Hall–Kier alpha value is -3.77. The van der Waals surface area contributed by atoms with Gasteiger partial charge in [0.15, 0.2) is 0 Å². The molecule has 0 N–H and O–H groups in total. The Balaban J connectivity index is 1.75. The summed E-state index contributed by atoms with van der Waals surface area (Å²) in [6.07, 6.45) is 0.802. The Bertz CT molecular complexity index is 1290. The topological polar surface area (TPSA) is 56.6 Å². The first-order chi connectivity index (χ1) is 17.0. The maximum Gasteiger partial charge on any atom is 0.255 e. The van der Waals surface area contributed by atoms with E-state index < -0.39 is 0 Å². The number of halogens is 1. The summed E-state index contributed by atoms with van der Waals surface area (Å²) in [6.45, 7) is 4.88. The normalized spacial score (nSPS) is 10.7. The highest BCUT2D eigenvalue weighted by Gasteiger charge is 2.25. The number of amides is 1. The molecule has 0 radical (unpaired) electrons. The van der Waals surface area contributed by atoms with E-state index >= 15 is 0 Å². The predicted octanol–water partition coefficient (Wildman–Crippen LogP) is 6.69. The van der Waals surface area contributed by atoms with Crippen molar-refractivity contribution >= 4 is 17.5 Å². The van der Waals surface area contributed by atoms with Crippen molar-refractivity contribution in [2.24, 2.45) is 0 Å². The van der Waals surface area contributed by atoms with Crippen molar-refractivity contribution in [1.82, 2.24) is 14.7 Å². The number of carbonyl (C=O) groups excluding carboxylic acids is 1. The summed E-state index contributed by atoms with van der Waals surface area (Å²) in [5.74, 6) is 1.82. The van der Waals surface area contributed by atoms with Crippen LogP contribution in [0.2, 0.25) is 5.02 Å². The number of carbonyl (C=O) groups is 1. The lowest BCUT2D eigenvalue weighted by Crippen LogP contribution is -2.31. The van der Waals surface area contributed by atoms with Gasteiger partial charge in [0.25, 0.3) is 5.91 Å². The molecule has 1 amide bonds. The zero-order valence-electron chi connectivity index (χ0n) is 20.1. The average Bonchev–Trinajstić information content (AvgIpc) is 3.19. The van der Waals surface area contributed by atoms with Crippen LogP contribution in [0.3, 0.4) is 0 Å². The van der Waals surface area contributed by atoms with E-state index in [4.69, 9.17) is 26.2 Å². The van der Waals surface area contributed by atoms with E-state index in [0.29, 0.717) is 35.3 Å². The Morgan fingerprint density at radius 1 is 0.971 bits per heavy atom. The fraction of sp³-hybridized carbons (Fsp3) is 0.214. The Morgan fingerprint density at radius 2 is 1.63 bits per heavy atom. The van der Waals surface area contributed by atoms with Crippen LogP contribution < -0.4 is 9.47 Å². The van der Waals surface area contributed by atoms with Crippen molar-refractivity contribution in [2.45, 2.75) is 26.8 Å². The molecule has 0 aliphatic rings. The lowest BCUT2D eigenvalue weighted by molar-refractivity contribution is 0.0742. The number of hydrogen-bond donors (Lipinski definition) is 0. The molecular weight excluding hydrogens is 462 g/mol. The molecule has 0 atom stereocenters. The van der Waals surface area contributed by atoms with Gasteiger partial charge < -0.3 is 14.4 Å². The Morgan fingerprint density at radius 3 is 2.29 bits per heavy atom. The van der Waals surface area contributed by atoms with Crippen LogP contribution >= 0.6 is 11.6 Å². The van der Waals surface area contributed by atoms with Crippen LogP contribution in [0.5, 0.6) is 17.4 Å². The molecule has 4 rings (SSSR count). The first-order valence-corrected chi connectivity index (χ1v) is 11.9. The van der Waals surface area contributed by atoms with Gasteiger partial charge in [-0.3, -0.25) is 4.79 Å². The molecule has 0 aliphatic carbocycles. The zero-order valence-corrected chi connectivity index (χ0v) is 20.8. The minimum Gasteiger partial charge on any atom is -0.497 e. The molecule has 6 nitrogen and oxygen atoms in total. The highest BCUT2D eigenvalue weighted by Crippen LogP contribution is 2.33. The summed E-state index contributed by atoms with van der Waals surface area (Å²) < 4.78 is 13.4. The second kappa shape index (κ2) is 11.1. The number of rotatable bonds is 9. The van der Waals surface area contributed by atoms with E-state index in [-0.39, 0.29) is 5.91 Å². The molecule has 0 aliphatic heterocycles. The number of hydrogen-bond acceptors (Lipinski definition) is 4. The molecule has 0 saturated carbocycles. The Kier molecular flexibility index (Phi) is 7.73. The van der Waals surface area contributed by atoms with Crippen LogP contribution in [0.15, 0.2) is 78.9 Å². The Labute approximate surface area is 210 Å². The number of aromatic nitrogens is 2. The fourth-order valence-electron chi connectivity index (χ4n) is 3.84. The third-order valence-corrected chi connectivity index (χ3v) is 5.98. The first-order valence-electron chi connectivity index (χ1n) is 11.5. The summed E-state index contributed by atoms with van der Waals surface area (Å²) in [7, 11) is 1.63. The maximum atomic E-state index is 13.4. The third kappa shape index (κ3) is 5.49. The van der Waals surface area contributed by atoms with Crippen molar-refractivity contribution in [3.05, 3.63) is 101 Å². The molecule has 7 heteroatoms. The molecule has 0 bridgehead atoms. The third-order valence-electron chi connectivity index (χ3n) is 5.65.